The fourth-order valence-corrected chi connectivity index (χ4v) is 1.50. The standard InChI is InChI=1S/C16H22N2O3/c1-4-5-6-9-12-17-18-14-10-7-8-11-15(14)20-21-16(19)13(2)3/h7-8,10-11H,2,4-6,9,12H2,1,3H3. The van der Waals surface area contributed by atoms with Crippen molar-refractivity contribution >= 4 is 11.7 Å². The first-order valence-corrected chi connectivity index (χ1v) is 7.16. The van der Waals surface area contributed by atoms with Crippen molar-refractivity contribution in [1.82, 2.24) is 0 Å². The second kappa shape index (κ2) is 9.69. The molecule has 0 aliphatic heterocycles. The number of azo groups is 1. The van der Waals surface area contributed by atoms with Gasteiger partial charge in [0, 0.05) is 5.57 Å². The van der Waals surface area contributed by atoms with Gasteiger partial charge in [0.15, 0.2) is 0 Å². The van der Waals surface area contributed by atoms with E-state index in [4.69, 9.17) is 4.89 Å². The van der Waals surface area contributed by atoms with Crippen LogP contribution in [0.2, 0.25) is 0 Å². The van der Waals surface area contributed by atoms with E-state index in [0.717, 1.165) is 12.8 Å². The van der Waals surface area contributed by atoms with E-state index < -0.39 is 5.97 Å². The zero-order valence-electron chi connectivity index (χ0n) is 12.7. The number of rotatable bonds is 9. The molecule has 1 aromatic rings. The Bertz CT molecular complexity index is 498. The summed E-state index contributed by atoms with van der Waals surface area (Å²) in [6.07, 6.45) is 4.59. The van der Waals surface area contributed by atoms with E-state index in [9.17, 15) is 4.79 Å². The van der Waals surface area contributed by atoms with E-state index in [-0.39, 0.29) is 5.57 Å². The Labute approximate surface area is 125 Å². The lowest BCUT2D eigenvalue weighted by atomic mass is 10.2. The minimum absolute atomic E-state index is 0.269. The van der Waals surface area contributed by atoms with Crippen molar-refractivity contribution in [1.29, 1.82) is 0 Å². The maximum Gasteiger partial charge on any atom is 0.381 e. The molecule has 0 aliphatic rings. The van der Waals surface area contributed by atoms with Gasteiger partial charge >= 0.3 is 5.97 Å². The van der Waals surface area contributed by atoms with Gasteiger partial charge in [-0.25, -0.2) is 9.68 Å². The lowest BCUT2D eigenvalue weighted by Gasteiger charge is -2.05. The first kappa shape index (κ1) is 16.9. The third kappa shape index (κ3) is 6.70. The van der Waals surface area contributed by atoms with Crippen LogP contribution in [-0.2, 0) is 9.68 Å². The molecular formula is C16H22N2O3. The molecule has 0 fully saturated rings. The van der Waals surface area contributed by atoms with Gasteiger partial charge in [0.25, 0.3) is 0 Å². The van der Waals surface area contributed by atoms with Crippen LogP contribution >= 0.6 is 0 Å². The van der Waals surface area contributed by atoms with Gasteiger partial charge in [0.1, 0.15) is 5.69 Å². The van der Waals surface area contributed by atoms with Crippen molar-refractivity contribution in [3.05, 3.63) is 36.4 Å². The average molecular weight is 290 g/mol. The smallest absolute Gasteiger partial charge is 0.284 e. The molecule has 0 N–H and O–H groups in total. The molecule has 1 aromatic carbocycles. The van der Waals surface area contributed by atoms with Crippen molar-refractivity contribution in [2.24, 2.45) is 10.2 Å². The van der Waals surface area contributed by atoms with Crippen molar-refractivity contribution in [2.75, 3.05) is 6.54 Å². The van der Waals surface area contributed by atoms with E-state index >= 15 is 0 Å². The Balaban J connectivity index is 2.52. The van der Waals surface area contributed by atoms with Gasteiger partial charge in [-0.1, -0.05) is 44.9 Å². The zero-order valence-corrected chi connectivity index (χ0v) is 12.7. The molecule has 0 aliphatic carbocycles. The highest BCUT2D eigenvalue weighted by Crippen LogP contribution is 2.27. The monoisotopic (exact) mass is 290 g/mol. The summed E-state index contributed by atoms with van der Waals surface area (Å²) in [4.78, 5) is 20.9. The predicted octanol–water partition coefficient (Wildman–Crippen LogP) is 4.76. The molecular weight excluding hydrogens is 268 g/mol. The quantitative estimate of drug-likeness (QED) is 0.216. The van der Waals surface area contributed by atoms with Crippen LogP contribution in [0.25, 0.3) is 0 Å². The minimum Gasteiger partial charge on any atom is -0.284 e. The number of nitrogens with zero attached hydrogens (tertiary/aromatic N) is 2. The first-order valence-electron chi connectivity index (χ1n) is 7.16. The molecule has 0 saturated heterocycles. The number of benzene rings is 1. The van der Waals surface area contributed by atoms with E-state index in [1.54, 1.807) is 25.1 Å². The first-order chi connectivity index (χ1) is 10.1. The normalized spacial score (nSPS) is 10.6. The van der Waals surface area contributed by atoms with Crippen molar-refractivity contribution in [3.8, 4) is 5.75 Å². The zero-order chi connectivity index (χ0) is 15.5. The molecule has 0 unspecified atom stereocenters. The van der Waals surface area contributed by atoms with E-state index in [1.807, 2.05) is 6.07 Å². The van der Waals surface area contributed by atoms with Crippen molar-refractivity contribution < 1.29 is 14.6 Å². The van der Waals surface area contributed by atoms with Crippen LogP contribution in [0.1, 0.15) is 39.5 Å². The summed E-state index contributed by atoms with van der Waals surface area (Å²) in [5.41, 5.74) is 0.799. The lowest BCUT2D eigenvalue weighted by Crippen LogP contribution is -2.08. The summed E-state index contributed by atoms with van der Waals surface area (Å²) >= 11 is 0. The Morgan fingerprint density at radius 3 is 2.71 bits per heavy atom. The predicted molar refractivity (Wildman–Crippen MR) is 81.5 cm³/mol. The number of hydrogen-bond acceptors (Lipinski definition) is 5. The molecule has 114 valence electrons. The van der Waals surface area contributed by atoms with Gasteiger partial charge < -0.3 is 0 Å². The third-order valence-corrected chi connectivity index (χ3v) is 2.71. The Hall–Kier alpha value is -2.17. The maximum atomic E-state index is 11.3. The number of para-hydroxylation sites is 1. The van der Waals surface area contributed by atoms with Gasteiger partial charge in [-0.15, -0.1) is 0 Å². The van der Waals surface area contributed by atoms with Crippen LogP contribution in [0.4, 0.5) is 5.69 Å². The van der Waals surface area contributed by atoms with Gasteiger partial charge in [-0.05, 0) is 25.5 Å². The average Bonchev–Trinajstić information content (AvgIpc) is 2.49. The fourth-order valence-electron chi connectivity index (χ4n) is 1.50. The Morgan fingerprint density at radius 1 is 1.24 bits per heavy atom. The molecule has 1 rings (SSSR count). The van der Waals surface area contributed by atoms with Crippen LogP contribution in [0.5, 0.6) is 5.75 Å². The largest absolute Gasteiger partial charge is 0.381 e. The summed E-state index contributed by atoms with van der Waals surface area (Å²) in [6, 6.07) is 7.00. The summed E-state index contributed by atoms with van der Waals surface area (Å²) in [5, 5.41) is 8.24. The Morgan fingerprint density at radius 2 is 2.00 bits per heavy atom. The highest BCUT2D eigenvalue weighted by Gasteiger charge is 2.08. The number of carbonyl (C=O) groups is 1. The van der Waals surface area contributed by atoms with Crippen LogP contribution in [0, 0.1) is 0 Å². The molecule has 0 bridgehead atoms. The van der Waals surface area contributed by atoms with Crippen molar-refractivity contribution in [3.63, 3.8) is 0 Å². The minimum atomic E-state index is -0.610. The summed E-state index contributed by atoms with van der Waals surface area (Å²) < 4.78 is 0. The molecule has 0 heterocycles. The van der Waals surface area contributed by atoms with Crippen LogP contribution < -0.4 is 4.89 Å². The highest BCUT2D eigenvalue weighted by molar-refractivity contribution is 5.86. The van der Waals surface area contributed by atoms with Gasteiger partial charge in [0.2, 0.25) is 5.75 Å². The third-order valence-electron chi connectivity index (χ3n) is 2.71. The van der Waals surface area contributed by atoms with Crippen LogP contribution in [0.3, 0.4) is 0 Å². The topological polar surface area (TPSA) is 60.2 Å². The SMILES string of the molecule is C=C(C)C(=O)OOc1ccccc1N=NCCCCCC. The van der Waals surface area contributed by atoms with E-state index in [1.165, 1.54) is 12.8 Å². The summed E-state index contributed by atoms with van der Waals surface area (Å²) in [7, 11) is 0. The molecule has 0 radical (unpaired) electrons. The van der Waals surface area contributed by atoms with Gasteiger partial charge in [-0.3, -0.25) is 4.89 Å². The second-order valence-electron chi connectivity index (χ2n) is 4.73. The molecule has 0 spiro atoms. The number of unbranched alkanes of at least 4 members (excludes halogenated alkanes) is 3. The number of hydrogen-bond donors (Lipinski definition) is 0. The summed E-state index contributed by atoms with van der Waals surface area (Å²) in [5.74, 6) is -0.259. The second-order valence-corrected chi connectivity index (χ2v) is 4.73. The molecule has 0 atom stereocenters. The molecule has 5 heteroatoms. The lowest BCUT2D eigenvalue weighted by molar-refractivity contribution is -0.208. The van der Waals surface area contributed by atoms with Gasteiger partial charge in [-0.2, -0.15) is 10.2 Å². The summed E-state index contributed by atoms with van der Waals surface area (Å²) in [6.45, 7) is 7.88. The van der Waals surface area contributed by atoms with E-state index in [2.05, 4.69) is 28.6 Å². The Kier molecular flexibility index (Phi) is 7.79. The maximum absolute atomic E-state index is 11.3. The molecule has 5 nitrogen and oxygen atoms in total. The van der Waals surface area contributed by atoms with E-state index in [0.29, 0.717) is 18.0 Å². The molecule has 0 aromatic heterocycles. The van der Waals surface area contributed by atoms with Gasteiger partial charge in [0.05, 0.1) is 6.54 Å². The number of carbonyl (C=O) groups excluding carboxylic acids is 1. The van der Waals surface area contributed by atoms with Crippen LogP contribution in [-0.4, -0.2) is 12.5 Å². The molecule has 0 amide bonds. The van der Waals surface area contributed by atoms with Crippen LogP contribution in [0.15, 0.2) is 46.6 Å². The van der Waals surface area contributed by atoms with Crippen molar-refractivity contribution in [2.45, 2.75) is 39.5 Å². The molecule has 21 heavy (non-hydrogen) atoms. The fraction of sp³-hybridized carbons (Fsp3) is 0.438. The highest BCUT2D eigenvalue weighted by atomic mass is 17.2. The molecule has 0 saturated carbocycles.